The van der Waals surface area contributed by atoms with Gasteiger partial charge in [-0.2, -0.15) is 0 Å². The molecule has 1 heterocycles. The molecule has 2 amide bonds. The number of benzene rings is 1. The molecule has 96 valence electrons. The van der Waals surface area contributed by atoms with Gasteiger partial charge in [-0.15, -0.1) is 0 Å². The fourth-order valence-corrected chi connectivity index (χ4v) is 1.72. The lowest BCUT2D eigenvalue weighted by Gasteiger charge is -2.23. The van der Waals surface area contributed by atoms with Gasteiger partial charge in [0.2, 0.25) is 11.8 Å². The number of amides is 2. The van der Waals surface area contributed by atoms with Gasteiger partial charge in [0.25, 0.3) is 0 Å². The normalized spacial score (nSPS) is 19.2. The largest absolute Gasteiger partial charge is 0.353 e. The molecule has 5 nitrogen and oxygen atoms in total. The summed E-state index contributed by atoms with van der Waals surface area (Å²) < 4.78 is 13.5. The van der Waals surface area contributed by atoms with Crippen molar-refractivity contribution in [2.75, 3.05) is 18.4 Å². The quantitative estimate of drug-likeness (QED) is 0.734. The van der Waals surface area contributed by atoms with Gasteiger partial charge in [0, 0.05) is 11.6 Å². The molecule has 2 rings (SSSR count). The summed E-state index contributed by atoms with van der Waals surface area (Å²) in [6.45, 7) is 0.251. The van der Waals surface area contributed by atoms with Gasteiger partial charge in [-0.25, -0.2) is 4.39 Å². The molecule has 1 unspecified atom stereocenters. The van der Waals surface area contributed by atoms with E-state index in [9.17, 15) is 14.0 Å². The minimum absolute atomic E-state index is 0.0584. The second-order valence-corrected chi connectivity index (χ2v) is 4.29. The van der Waals surface area contributed by atoms with Crippen molar-refractivity contribution in [3.05, 3.63) is 29.0 Å². The van der Waals surface area contributed by atoms with Crippen molar-refractivity contribution in [3.63, 3.8) is 0 Å². The van der Waals surface area contributed by atoms with Gasteiger partial charge in [0.05, 0.1) is 12.2 Å². The number of hydrogen-bond donors (Lipinski definition) is 3. The van der Waals surface area contributed by atoms with E-state index in [0.717, 1.165) is 6.07 Å². The summed E-state index contributed by atoms with van der Waals surface area (Å²) in [5.41, 5.74) is 0.0584. The number of piperazine rings is 1. The van der Waals surface area contributed by atoms with Crippen LogP contribution in [0.15, 0.2) is 18.2 Å². The Labute approximate surface area is 108 Å². The molecule has 7 heteroatoms. The predicted octanol–water partition coefficient (Wildman–Crippen LogP) is 0.506. The number of carbonyl (C=O) groups is 2. The molecule has 1 aromatic carbocycles. The van der Waals surface area contributed by atoms with Crippen LogP contribution in [0.25, 0.3) is 0 Å². The third kappa shape index (κ3) is 2.96. The molecular weight excluding hydrogens is 261 g/mol. The van der Waals surface area contributed by atoms with Crippen molar-refractivity contribution in [2.45, 2.75) is 6.04 Å². The summed E-state index contributed by atoms with van der Waals surface area (Å²) in [6, 6.07) is 3.42. The molecule has 3 N–H and O–H groups in total. The SMILES string of the molecule is O=C1CNC(C(=O)Nc2ccc(Cl)cc2F)CN1. The van der Waals surface area contributed by atoms with Gasteiger partial charge in [-0.1, -0.05) is 11.6 Å². The lowest BCUT2D eigenvalue weighted by Crippen LogP contribution is -2.56. The smallest absolute Gasteiger partial charge is 0.243 e. The summed E-state index contributed by atoms with van der Waals surface area (Å²) in [7, 11) is 0. The van der Waals surface area contributed by atoms with Crippen LogP contribution in [-0.2, 0) is 9.59 Å². The molecule has 1 atom stereocenters. The standard InChI is InChI=1S/C11H11ClFN3O2/c12-6-1-2-8(7(13)3-6)16-11(18)9-4-15-10(17)5-14-9/h1-3,9,14H,4-5H2,(H,15,17)(H,16,18). The van der Waals surface area contributed by atoms with Crippen molar-refractivity contribution in [2.24, 2.45) is 0 Å². The predicted molar refractivity (Wildman–Crippen MR) is 64.8 cm³/mol. The third-order valence-corrected chi connectivity index (χ3v) is 2.75. The molecule has 18 heavy (non-hydrogen) atoms. The molecule has 0 saturated carbocycles. The maximum atomic E-state index is 13.5. The van der Waals surface area contributed by atoms with Crippen LogP contribution in [-0.4, -0.2) is 30.9 Å². The van der Waals surface area contributed by atoms with Gasteiger partial charge in [-0.05, 0) is 18.2 Å². The van der Waals surface area contributed by atoms with Crippen LogP contribution in [0.4, 0.5) is 10.1 Å². The van der Waals surface area contributed by atoms with Gasteiger partial charge in [-0.3, -0.25) is 14.9 Å². The van der Waals surface area contributed by atoms with Gasteiger partial charge < -0.3 is 10.6 Å². The second-order valence-electron chi connectivity index (χ2n) is 3.85. The third-order valence-electron chi connectivity index (χ3n) is 2.52. The summed E-state index contributed by atoms with van der Waals surface area (Å²) >= 11 is 5.61. The highest BCUT2D eigenvalue weighted by atomic mass is 35.5. The summed E-state index contributed by atoms with van der Waals surface area (Å²) in [6.07, 6.45) is 0. The van der Waals surface area contributed by atoms with Gasteiger partial charge >= 0.3 is 0 Å². The monoisotopic (exact) mass is 271 g/mol. The van der Waals surface area contributed by atoms with E-state index in [2.05, 4.69) is 16.0 Å². The molecule has 0 aromatic heterocycles. The minimum Gasteiger partial charge on any atom is -0.353 e. The van der Waals surface area contributed by atoms with E-state index in [-0.39, 0.29) is 29.7 Å². The maximum Gasteiger partial charge on any atom is 0.243 e. The molecule has 1 fully saturated rings. The molecule has 0 radical (unpaired) electrons. The van der Waals surface area contributed by atoms with Crippen molar-refractivity contribution in [1.29, 1.82) is 0 Å². The van der Waals surface area contributed by atoms with E-state index in [4.69, 9.17) is 11.6 Å². The van der Waals surface area contributed by atoms with Crippen LogP contribution >= 0.6 is 11.6 Å². The zero-order valence-corrected chi connectivity index (χ0v) is 10.1. The molecule has 0 bridgehead atoms. The van der Waals surface area contributed by atoms with Crippen LogP contribution in [0.3, 0.4) is 0 Å². The first-order chi connectivity index (χ1) is 8.56. The average molecular weight is 272 g/mol. The van der Waals surface area contributed by atoms with E-state index < -0.39 is 17.8 Å². The van der Waals surface area contributed by atoms with E-state index in [1.54, 1.807) is 0 Å². The lowest BCUT2D eigenvalue weighted by atomic mass is 10.2. The topological polar surface area (TPSA) is 70.2 Å². The van der Waals surface area contributed by atoms with Crippen molar-refractivity contribution < 1.29 is 14.0 Å². The Hall–Kier alpha value is -1.66. The fraction of sp³-hybridized carbons (Fsp3) is 0.273. The number of hydrogen-bond acceptors (Lipinski definition) is 3. The Morgan fingerprint density at radius 1 is 1.50 bits per heavy atom. The number of anilines is 1. The van der Waals surface area contributed by atoms with E-state index in [1.165, 1.54) is 12.1 Å². The Bertz CT molecular complexity index is 485. The molecular formula is C11H11ClFN3O2. The minimum atomic E-state index is -0.601. The van der Waals surface area contributed by atoms with Crippen molar-refractivity contribution in [3.8, 4) is 0 Å². The van der Waals surface area contributed by atoms with Crippen molar-refractivity contribution >= 4 is 29.1 Å². The maximum absolute atomic E-state index is 13.5. The Morgan fingerprint density at radius 2 is 2.28 bits per heavy atom. The number of nitrogens with one attached hydrogen (secondary N) is 3. The second kappa shape index (κ2) is 5.32. The Morgan fingerprint density at radius 3 is 2.89 bits per heavy atom. The van der Waals surface area contributed by atoms with Gasteiger partial charge in [0.1, 0.15) is 11.9 Å². The van der Waals surface area contributed by atoms with Gasteiger partial charge in [0.15, 0.2) is 0 Å². The van der Waals surface area contributed by atoms with Crippen molar-refractivity contribution in [1.82, 2.24) is 10.6 Å². The molecule has 1 aliphatic heterocycles. The molecule has 0 aliphatic carbocycles. The molecule has 1 saturated heterocycles. The Balaban J connectivity index is 2.00. The fourth-order valence-electron chi connectivity index (χ4n) is 1.56. The highest BCUT2D eigenvalue weighted by molar-refractivity contribution is 6.30. The summed E-state index contributed by atoms with van der Waals surface area (Å²) in [5.74, 6) is -1.18. The number of carbonyl (C=O) groups excluding carboxylic acids is 2. The van der Waals surface area contributed by atoms with Crippen LogP contribution in [0, 0.1) is 5.82 Å². The first-order valence-corrected chi connectivity index (χ1v) is 5.70. The number of halogens is 2. The summed E-state index contributed by atoms with van der Waals surface area (Å²) in [5, 5.41) is 7.99. The zero-order chi connectivity index (χ0) is 13.1. The van der Waals surface area contributed by atoms with E-state index >= 15 is 0 Å². The van der Waals surface area contributed by atoms with E-state index in [1.807, 2.05) is 0 Å². The van der Waals surface area contributed by atoms with Crippen LogP contribution in [0.5, 0.6) is 0 Å². The van der Waals surface area contributed by atoms with Crippen LogP contribution in [0.1, 0.15) is 0 Å². The molecule has 1 aliphatic rings. The summed E-state index contributed by atoms with van der Waals surface area (Å²) in [4.78, 5) is 22.7. The lowest BCUT2D eigenvalue weighted by molar-refractivity contribution is -0.124. The highest BCUT2D eigenvalue weighted by Crippen LogP contribution is 2.18. The first-order valence-electron chi connectivity index (χ1n) is 5.32. The Kier molecular flexibility index (Phi) is 3.78. The van der Waals surface area contributed by atoms with E-state index in [0.29, 0.717) is 0 Å². The highest BCUT2D eigenvalue weighted by Gasteiger charge is 2.24. The van der Waals surface area contributed by atoms with Crippen LogP contribution in [0.2, 0.25) is 5.02 Å². The molecule has 0 spiro atoms. The van der Waals surface area contributed by atoms with Crippen LogP contribution < -0.4 is 16.0 Å². The average Bonchev–Trinajstić information content (AvgIpc) is 2.33. The number of rotatable bonds is 2. The first kappa shape index (κ1) is 12.8. The zero-order valence-electron chi connectivity index (χ0n) is 9.30. The molecule has 1 aromatic rings.